The van der Waals surface area contributed by atoms with Crippen LogP contribution < -0.4 is 4.74 Å². The normalized spacial score (nSPS) is 12.5. The van der Waals surface area contributed by atoms with Gasteiger partial charge in [0.05, 0.1) is 6.10 Å². The maximum Gasteiger partial charge on any atom is 0.120 e. The summed E-state index contributed by atoms with van der Waals surface area (Å²) in [5, 5.41) is 10.6. The lowest BCUT2D eigenvalue weighted by Crippen LogP contribution is -2.07. The van der Waals surface area contributed by atoms with Gasteiger partial charge in [0, 0.05) is 0 Å². The third-order valence-corrected chi connectivity index (χ3v) is 3.27. The molecule has 2 heteroatoms. The molecule has 0 saturated carbocycles. The molecule has 0 amide bonds. The van der Waals surface area contributed by atoms with E-state index in [1.54, 1.807) is 0 Å². The largest absolute Gasteiger partial charge is 0.491 e. The fourth-order valence-electron chi connectivity index (χ4n) is 2.26. The average molecular weight is 270 g/mol. The minimum atomic E-state index is -0.620. The summed E-state index contributed by atoms with van der Waals surface area (Å²) in [4.78, 5) is 0. The average Bonchev–Trinajstić information content (AvgIpc) is 2.40. The van der Waals surface area contributed by atoms with E-state index in [0.717, 1.165) is 28.0 Å². The van der Waals surface area contributed by atoms with Gasteiger partial charge in [-0.3, -0.25) is 0 Å². The Bertz CT molecular complexity index is 588. The lowest BCUT2D eigenvalue weighted by molar-refractivity contribution is 0.216. The van der Waals surface area contributed by atoms with Gasteiger partial charge in [-0.1, -0.05) is 35.9 Å². The van der Waals surface area contributed by atoms with Gasteiger partial charge >= 0.3 is 0 Å². The summed E-state index contributed by atoms with van der Waals surface area (Å²) in [6, 6.07) is 13.8. The summed E-state index contributed by atoms with van der Waals surface area (Å²) in [7, 11) is 0. The zero-order chi connectivity index (χ0) is 14.7. The highest BCUT2D eigenvalue weighted by atomic mass is 16.5. The van der Waals surface area contributed by atoms with Crippen molar-refractivity contribution in [2.24, 2.45) is 0 Å². The van der Waals surface area contributed by atoms with Crippen LogP contribution >= 0.6 is 0 Å². The first-order valence-electron chi connectivity index (χ1n) is 6.99. The third-order valence-electron chi connectivity index (χ3n) is 3.27. The molecule has 0 saturated heterocycles. The smallest absolute Gasteiger partial charge is 0.120 e. The van der Waals surface area contributed by atoms with Gasteiger partial charge in [0.15, 0.2) is 0 Å². The molecule has 0 aromatic heterocycles. The maximum atomic E-state index is 10.6. The van der Waals surface area contributed by atoms with Crippen molar-refractivity contribution in [3.05, 3.63) is 64.7 Å². The molecule has 1 unspecified atom stereocenters. The minimum Gasteiger partial charge on any atom is -0.491 e. The van der Waals surface area contributed by atoms with E-state index in [9.17, 15) is 5.11 Å². The number of benzene rings is 2. The summed E-state index contributed by atoms with van der Waals surface area (Å²) >= 11 is 0. The molecule has 0 aliphatic carbocycles. The Morgan fingerprint density at radius 2 is 1.75 bits per heavy atom. The molecule has 0 heterocycles. The molecule has 1 atom stereocenters. The molecule has 2 nitrogen and oxygen atoms in total. The van der Waals surface area contributed by atoms with Gasteiger partial charge in [0.25, 0.3) is 0 Å². The second-order valence-electron chi connectivity index (χ2n) is 5.50. The molecule has 0 spiro atoms. The molecule has 2 aromatic carbocycles. The van der Waals surface area contributed by atoms with Crippen LogP contribution in [0.15, 0.2) is 42.5 Å². The highest BCUT2D eigenvalue weighted by Gasteiger charge is 2.14. The molecule has 0 bridgehead atoms. The van der Waals surface area contributed by atoms with Crippen LogP contribution in [0, 0.1) is 13.8 Å². The number of ether oxygens (including phenoxy) is 1. The van der Waals surface area contributed by atoms with Crippen LogP contribution in [0.3, 0.4) is 0 Å². The number of hydrogen-bond acceptors (Lipinski definition) is 2. The Balaban J connectivity index is 2.33. The van der Waals surface area contributed by atoms with Crippen LogP contribution in [0.5, 0.6) is 5.75 Å². The van der Waals surface area contributed by atoms with Gasteiger partial charge in [-0.2, -0.15) is 0 Å². The molecule has 2 rings (SSSR count). The van der Waals surface area contributed by atoms with E-state index in [1.165, 1.54) is 0 Å². The van der Waals surface area contributed by atoms with E-state index in [2.05, 4.69) is 6.07 Å². The lowest BCUT2D eigenvalue weighted by Gasteiger charge is -2.17. The van der Waals surface area contributed by atoms with Crippen molar-refractivity contribution < 1.29 is 9.84 Å². The van der Waals surface area contributed by atoms with E-state index in [1.807, 2.05) is 64.1 Å². The van der Waals surface area contributed by atoms with Crippen molar-refractivity contribution >= 4 is 0 Å². The standard InChI is InChI=1S/C18H22O2/c1-12(2)20-16-7-5-6-15(11-16)18(19)17-10-13(3)8-9-14(17)4/h5-12,18-19H,1-4H3. The highest BCUT2D eigenvalue weighted by Crippen LogP contribution is 2.28. The quantitative estimate of drug-likeness (QED) is 0.903. The lowest BCUT2D eigenvalue weighted by atomic mass is 9.96. The summed E-state index contributed by atoms with van der Waals surface area (Å²) < 4.78 is 5.68. The van der Waals surface area contributed by atoms with Gasteiger partial charge in [0.2, 0.25) is 0 Å². The molecule has 106 valence electrons. The molecular formula is C18H22O2. The van der Waals surface area contributed by atoms with Crippen LogP contribution in [0.4, 0.5) is 0 Å². The molecule has 2 aromatic rings. The first-order valence-corrected chi connectivity index (χ1v) is 6.99. The topological polar surface area (TPSA) is 29.5 Å². The van der Waals surface area contributed by atoms with Crippen molar-refractivity contribution in [2.75, 3.05) is 0 Å². The second kappa shape index (κ2) is 6.10. The predicted molar refractivity (Wildman–Crippen MR) is 82.2 cm³/mol. The monoisotopic (exact) mass is 270 g/mol. The predicted octanol–water partition coefficient (Wildman–Crippen LogP) is 4.17. The van der Waals surface area contributed by atoms with Gasteiger partial charge in [0.1, 0.15) is 11.9 Å². The Hall–Kier alpha value is -1.80. The Morgan fingerprint density at radius 1 is 1.00 bits per heavy atom. The third kappa shape index (κ3) is 3.40. The van der Waals surface area contributed by atoms with E-state index in [0.29, 0.717) is 0 Å². The number of aryl methyl sites for hydroxylation is 2. The molecule has 0 aliphatic rings. The summed E-state index contributed by atoms with van der Waals surface area (Å²) in [6.07, 6.45) is -0.492. The zero-order valence-electron chi connectivity index (χ0n) is 12.6. The first kappa shape index (κ1) is 14.6. The van der Waals surface area contributed by atoms with Crippen LogP contribution in [-0.2, 0) is 0 Å². The van der Waals surface area contributed by atoms with E-state index >= 15 is 0 Å². The fourth-order valence-corrected chi connectivity index (χ4v) is 2.26. The summed E-state index contributed by atoms with van der Waals surface area (Å²) in [5.74, 6) is 0.793. The van der Waals surface area contributed by atoms with Crippen LogP contribution in [0.1, 0.15) is 42.2 Å². The van der Waals surface area contributed by atoms with E-state index < -0.39 is 6.10 Å². The Morgan fingerprint density at radius 3 is 2.45 bits per heavy atom. The number of aliphatic hydroxyl groups excluding tert-OH is 1. The molecule has 20 heavy (non-hydrogen) atoms. The van der Waals surface area contributed by atoms with Crippen LogP contribution in [-0.4, -0.2) is 11.2 Å². The van der Waals surface area contributed by atoms with E-state index in [-0.39, 0.29) is 6.10 Å². The Labute approximate surface area is 121 Å². The second-order valence-corrected chi connectivity index (χ2v) is 5.50. The highest BCUT2D eigenvalue weighted by molar-refractivity contribution is 5.40. The van der Waals surface area contributed by atoms with Crippen LogP contribution in [0.2, 0.25) is 0 Å². The van der Waals surface area contributed by atoms with Crippen molar-refractivity contribution in [3.63, 3.8) is 0 Å². The SMILES string of the molecule is Cc1ccc(C)c(C(O)c2cccc(OC(C)C)c2)c1. The van der Waals surface area contributed by atoms with Gasteiger partial charge in [-0.15, -0.1) is 0 Å². The van der Waals surface area contributed by atoms with Gasteiger partial charge in [-0.25, -0.2) is 0 Å². The fraction of sp³-hybridized carbons (Fsp3) is 0.333. The minimum absolute atomic E-state index is 0.128. The van der Waals surface area contributed by atoms with Crippen molar-refractivity contribution in [1.29, 1.82) is 0 Å². The molecular weight excluding hydrogens is 248 g/mol. The van der Waals surface area contributed by atoms with Crippen molar-refractivity contribution in [3.8, 4) is 5.75 Å². The number of hydrogen-bond donors (Lipinski definition) is 1. The van der Waals surface area contributed by atoms with Gasteiger partial charge < -0.3 is 9.84 Å². The number of rotatable bonds is 4. The van der Waals surface area contributed by atoms with Gasteiger partial charge in [-0.05, 0) is 56.5 Å². The number of aliphatic hydroxyl groups is 1. The van der Waals surface area contributed by atoms with E-state index in [4.69, 9.17) is 4.74 Å². The Kier molecular flexibility index (Phi) is 4.46. The summed E-state index contributed by atoms with van der Waals surface area (Å²) in [6.45, 7) is 8.04. The molecule has 1 N–H and O–H groups in total. The first-order chi connectivity index (χ1) is 9.47. The zero-order valence-corrected chi connectivity index (χ0v) is 12.6. The van der Waals surface area contributed by atoms with Crippen molar-refractivity contribution in [1.82, 2.24) is 0 Å². The van der Waals surface area contributed by atoms with Crippen molar-refractivity contribution in [2.45, 2.75) is 39.9 Å². The molecule has 0 radical (unpaired) electrons. The van der Waals surface area contributed by atoms with Crippen LogP contribution in [0.25, 0.3) is 0 Å². The molecule has 0 aliphatic heterocycles. The molecule has 0 fully saturated rings. The summed E-state index contributed by atoms with van der Waals surface area (Å²) in [5.41, 5.74) is 4.06. The maximum absolute atomic E-state index is 10.6.